The summed E-state index contributed by atoms with van der Waals surface area (Å²) in [6.45, 7) is 0. The molecule has 0 radical (unpaired) electrons. The van der Waals surface area contributed by atoms with Gasteiger partial charge in [-0.2, -0.15) is 0 Å². The fraction of sp³-hybridized carbons (Fsp3) is 0. The highest BCUT2D eigenvalue weighted by atomic mass is 35.7. The molecule has 22 heavy (non-hydrogen) atoms. The molecule has 0 aliphatic carbocycles. The van der Waals surface area contributed by atoms with Crippen molar-refractivity contribution in [1.82, 2.24) is 9.97 Å². The molecule has 1 aromatic rings. The minimum absolute atomic E-state index is 1.63. The van der Waals surface area contributed by atoms with E-state index >= 15 is 0 Å². The summed E-state index contributed by atoms with van der Waals surface area (Å²) >= 11 is 0. The summed E-state index contributed by atoms with van der Waals surface area (Å²) in [5.74, 6) is 0. The summed E-state index contributed by atoms with van der Waals surface area (Å²) < 4.78 is 90.1. The second-order valence-corrected chi connectivity index (χ2v) is 13.1. The lowest BCUT2D eigenvalue weighted by Gasteiger charge is -2.07. The molecule has 0 aromatic carbocycles. The molecule has 0 aliphatic rings. The molecule has 0 saturated heterocycles. The molecule has 0 spiro atoms. The van der Waals surface area contributed by atoms with Crippen LogP contribution in [0.15, 0.2) is 20.1 Å². The maximum absolute atomic E-state index is 11.3. The fourth-order valence-electron chi connectivity index (χ4n) is 1.01. The Bertz CT molecular complexity index is 887. The summed E-state index contributed by atoms with van der Waals surface area (Å²) in [6, 6.07) is 0. The van der Waals surface area contributed by atoms with Crippen molar-refractivity contribution in [3.63, 3.8) is 0 Å². The summed E-state index contributed by atoms with van der Waals surface area (Å²) in [5, 5.41) is -6.53. The molecule has 0 saturated carbocycles. The molecule has 1 rings (SSSR count). The van der Waals surface area contributed by atoms with E-state index in [1.165, 1.54) is 0 Å². The Hall–Kier alpha value is 0.0400. The number of hydrogen-bond donors (Lipinski definition) is 0. The molecule has 1 aromatic heterocycles. The van der Waals surface area contributed by atoms with Gasteiger partial charge in [-0.05, 0) is 0 Å². The van der Waals surface area contributed by atoms with Crippen LogP contribution in [0.1, 0.15) is 0 Å². The first-order valence-corrected chi connectivity index (χ1v) is 13.4. The third kappa shape index (κ3) is 4.53. The van der Waals surface area contributed by atoms with Gasteiger partial charge in [0.15, 0.2) is 0 Å². The molecule has 0 fully saturated rings. The van der Waals surface area contributed by atoms with Crippen LogP contribution in [0, 0.1) is 0 Å². The van der Waals surface area contributed by atoms with Gasteiger partial charge >= 0.3 is 0 Å². The van der Waals surface area contributed by atoms with E-state index < -0.39 is 56.3 Å². The standard InChI is InChI=1S/C4Cl4N2O8S4/c5-19(11,12)1-2(20(6,13)14)10-4(22(8,17)18)3(9-1)21(7,15)16. The Balaban J connectivity index is 4.27. The average molecular weight is 474 g/mol. The first-order chi connectivity index (χ1) is 9.45. The van der Waals surface area contributed by atoms with Crippen LogP contribution in [0.25, 0.3) is 0 Å². The van der Waals surface area contributed by atoms with Crippen LogP contribution in [0.2, 0.25) is 0 Å². The molecule has 0 bridgehead atoms. The Kier molecular flexibility index (Phi) is 5.33. The number of halogens is 4. The van der Waals surface area contributed by atoms with E-state index in [1.54, 1.807) is 0 Å². The highest BCUT2D eigenvalue weighted by Gasteiger charge is 2.36. The SMILES string of the molecule is O=S(=O)(Cl)c1nc(S(=O)(=O)Cl)c(S(=O)(=O)Cl)nc1S(=O)(=O)Cl. The maximum Gasteiger partial charge on any atom is 0.281 e. The zero-order valence-corrected chi connectivity index (χ0v) is 15.6. The van der Waals surface area contributed by atoms with Gasteiger partial charge in [0, 0.05) is 42.7 Å². The Morgan fingerprint density at radius 1 is 0.455 bits per heavy atom. The van der Waals surface area contributed by atoms with Gasteiger partial charge in [-0.25, -0.2) is 43.6 Å². The fourth-order valence-corrected chi connectivity index (χ4v) is 6.10. The van der Waals surface area contributed by atoms with Crippen molar-refractivity contribution in [2.24, 2.45) is 0 Å². The van der Waals surface area contributed by atoms with Gasteiger partial charge in [-0.3, -0.25) is 0 Å². The number of aromatic nitrogens is 2. The van der Waals surface area contributed by atoms with E-state index in [4.69, 9.17) is 42.7 Å². The van der Waals surface area contributed by atoms with Gasteiger partial charge in [0.25, 0.3) is 36.2 Å². The average Bonchev–Trinajstić information content (AvgIpc) is 2.22. The molecule has 0 N–H and O–H groups in total. The summed E-state index contributed by atoms with van der Waals surface area (Å²) in [6.07, 6.45) is 0. The normalized spacial score (nSPS) is 14.0. The first-order valence-electron chi connectivity index (χ1n) is 4.16. The van der Waals surface area contributed by atoms with Crippen molar-refractivity contribution in [2.45, 2.75) is 20.1 Å². The van der Waals surface area contributed by atoms with Gasteiger partial charge in [0.05, 0.1) is 0 Å². The molecular weight excluding hydrogens is 474 g/mol. The van der Waals surface area contributed by atoms with E-state index in [-0.39, 0.29) is 0 Å². The lowest BCUT2D eigenvalue weighted by Crippen LogP contribution is -2.15. The maximum atomic E-state index is 11.3. The number of rotatable bonds is 4. The highest BCUT2D eigenvalue weighted by Crippen LogP contribution is 2.30. The van der Waals surface area contributed by atoms with E-state index in [9.17, 15) is 33.7 Å². The lowest BCUT2D eigenvalue weighted by molar-refractivity contribution is 0.558. The van der Waals surface area contributed by atoms with Crippen molar-refractivity contribution in [1.29, 1.82) is 0 Å². The van der Waals surface area contributed by atoms with Crippen LogP contribution in [0.4, 0.5) is 0 Å². The molecule has 0 atom stereocenters. The Morgan fingerprint density at radius 3 is 0.682 bits per heavy atom. The molecule has 126 valence electrons. The van der Waals surface area contributed by atoms with Crippen LogP contribution < -0.4 is 0 Å². The first kappa shape index (κ1) is 20.1. The summed E-state index contributed by atoms with van der Waals surface area (Å²) in [5.41, 5.74) is 0. The van der Waals surface area contributed by atoms with Crippen molar-refractivity contribution in [2.75, 3.05) is 0 Å². The van der Waals surface area contributed by atoms with Crippen LogP contribution in [0.3, 0.4) is 0 Å². The van der Waals surface area contributed by atoms with Gasteiger partial charge in [0.1, 0.15) is 0 Å². The van der Waals surface area contributed by atoms with E-state index in [2.05, 4.69) is 9.97 Å². The molecule has 0 unspecified atom stereocenters. The second kappa shape index (κ2) is 5.84. The predicted molar refractivity (Wildman–Crippen MR) is 74.2 cm³/mol. The Morgan fingerprint density at radius 2 is 0.591 bits per heavy atom. The minimum Gasteiger partial charge on any atom is -0.216 e. The largest absolute Gasteiger partial charge is 0.281 e. The zero-order chi connectivity index (χ0) is 17.7. The molecule has 1 heterocycles. The van der Waals surface area contributed by atoms with Crippen molar-refractivity contribution in [3.05, 3.63) is 0 Å². The van der Waals surface area contributed by atoms with Gasteiger partial charge in [-0.15, -0.1) is 0 Å². The smallest absolute Gasteiger partial charge is 0.216 e. The monoisotopic (exact) mass is 472 g/mol. The quantitative estimate of drug-likeness (QED) is 0.551. The van der Waals surface area contributed by atoms with Crippen LogP contribution >= 0.6 is 42.7 Å². The van der Waals surface area contributed by atoms with Gasteiger partial charge in [0.2, 0.25) is 20.1 Å². The van der Waals surface area contributed by atoms with Gasteiger partial charge in [-0.1, -0.05) is 0 Å². The van der Waals surface area contributed by atoms with E-state index in [0.29, 0.717) is 0 Å². The molecule has 18 heteroatoms. The Labute approximate surface area is 142 Å². The number of hydrogen-bond acceptors (Lipinski definition) is 10. The zero-order valence-electron chi connectivity index (χ0n) is 9.31. The van der Waals surface area contributed by atoms with Crippen LogP contribution in [-0.4, -0.2) is 43.6 Å². The summed E-state index contributed by atoms with van der Waals surface area (Å²) in [7, 11) is -0.412. The van der Waals surface area contributed by atoms with Gasteiger partial charge < -0.3 is 0 Å². The summed E-state index contributed by atoms with van der Waals surface area (Å²) in [4.78, 5) is 5.64. The third-order valence-corrected chi connectivity index (χ3v) is 6.69. The topological polar surface area (TPSA) is 162 Å². The van der Waals surface area contributed by atoms with E-state index in [1.807, 2.05) is 0 Å². The molecule has 10 nitrogen and oxygen atoms in total. The van der Waals surface area contributed by atoms with Crippen molar-refractivity contribution < 1.29 is 33.7 Å². The van der Waals surface area contributed by atoms with Crippen molar-refractivity contribution >= 4 is 78.9 Å². The molecule has 0 aliphatic heterocycles. The third-order valence-electron chi connectivity index (χ3n) is 1.70. The number of nitrogens with zero attached hydrogens (tertiary/aromatic N) is 2. The van der Waals surface area contributed by atoms with Crippen LogP contribution in [0.5, 0.6) is 0 Å². The van der Waals surface area contributed by atoms with Crippen LogP contribution in [-0.2, 0) is 36.2 Å². The molecule has 0 amide bonds. The second-order valence-electron chi connectivity index (χ2n) is 3.20. The highest BCUT2D eigenvalue weighted by molar-refractivity contribution is 8.17. The minimum atomic E-state index is -4.99. The lowest BCUT2D eigenvalue weighted by atomic mass is 10.7. The van der Waals surface area contributed by atoms with E-state index in [0.717, 1.165) is 0 Å². The predicted octanol–water partition coefficient (Wildman–Crippen LogP) is 0.187. The van der Waals surface area contributed by atoms with Crippen molar-refractivity contribution in [3.8, 4) is 0 Å². The molecular formula is C4Cl4N2O8S4.